The number of hydrogen-bond acceptors (Lipinski definition) is 6. The molecule has 0 atom stereocenters. The molecule has 0 unspecified atom stereocenters. The molecule has 4 aromatic heterocycles. The van der Waals surface area contributed by atoms with Crippen LogP contribution in [0.4, 0.5) is 0 Å². The van der Waals surface area contributed by atoms with Crippen molar-refractivity contribution in [2.45, 2.75) is 82.6 Å². The fourth-order valence-corrected chi connectivity index (χ4v) is 13.9. The number of aromatic nitrogens is 6. The highest BCUT2D eigenvalue weighted by Crippen LogP contribution is 2.43. The molecule has 0 radical (unpaired) electrons. The van der Waals surface area contributed by atoms with Crippen LogP contribution >= 0.6 is 0 Å². The maximum atomic E-state index is 10.6. The summed E-state index contributed by atoms with van der Waals surface area (Å²) in [6.07, 6.45) is 0.617. The van der Waals surface area contributed by atoms with Gasteiger partial charge in [-0.25, -0.2) is 19.9 Å². The van der Waals surface area contributed by atoms with E-state index >= 15 is 0 Å². The minimum Gasteiger partial charge on any atom is -0.308 e. The van der Waals surface area contributed by atoms with Crippen molar-refractivity contribution in [2.24, 2.45) is 0 Å². The van der Waals surface area contributed by atoms with E-state index in [1.165, 1.54) is 44.5 Å². The Balaban J connectivity index is 0.889. The van der Waals surface area contributed by atoms with Gasteiger partial charge in [0, 0.05) is 61.9 Å². The third-order valence-corrected chi connectivity index (χ3v) is 17.9. The lowest BCUT2D eigenvalue weighted by atomic mass is 9.95. The first-order valence-corrected chi connectivity index (χ1v) is 30.7. The second-order valence-corrected chi connectivity index (χ2v) is 24.9. The first kappa shape index (κ1) is 56.7. The average molecular weight is 1160 g/mol. The second kappa shape index (κ2) is 22.3. The van der Waals surface area contributed by atoms with E-state index in [0.717, 1.165) is 139 Å². The third kappa shape index (κ3) is 10.2. The number of aryl methyl sites for hydroxylation is 11. The Labute approximate surface area is 525 Å². The molecular weight excluding hydrogens is 1100 g/mol. The summed E-state index contributed by atoms with van der Waals surface area (Å²) in [5.41, 5.74) is 31.7. The van der Waals surface area contributed by atoms with E-state index in [4.69, 9.17) is 19.9 Å². The standard InChI is InChI=1S/C82H66N8/c1-46-12-20-66(51(6)29-46)62-18-26-70-71-27-19-63(67-21-13-47(2)30-52(67)7)43-80(71)90(79(70)42-62)76-39-58(45-84)15-23-73(76)82-87-55(10)74(56(11)88-82)37-59-31-50(5)34-65(36-59)61-17-25-69-68-24-16-60(64-32-48(3)28-49(4)33-64)40-77(68)89(78(69)41-61)75-38-57(44-83)14-22-72(75)81-85-53(8)35-54(9)86-81/h12-36,38-43H,37H2,1-11H3. The largest absolute Gasteiger partial charge is 0.308 e. The zero-order valence-electron chi connectivity index (χ0n) is 52.7. The van der Waals surface area contributed by atoms with E-state index in [1.54, 1.807) is 0 Å². The van der Waals surface area contributed by atoms with Gasteiger partial charge in [-0.15, -0.1) is 0 Å². The van der Waals surface area contributed by atoms with Crippen LogP contribution in [0.25, 0.3) is 122 Å². The molecule has 0 aliphatic carbocycles. The number of hydrogen-bond donors (Lipinski definition) is 0. The lowest BCUT2D eigenvalue weighted by Gasteiger charge is -2.17. The number of fused-ring (bicyclic) bond motifs is 6. The van der Waals surface area contributed by atoms with Crippen molar-refractivity contribution in [1.82, 2.24) is 29.1 Å². The monoisotopic (exact) mass is 1160 g/mol. The van der Waals surface area contributed by atoms with E-state index < -0.39 is 0 Å². The smallest absolute Gasteiger partial charge is 0.161 e. The molecule has 434 valence electrons. The number of rotatable bonds is 10. The SMILES string of the molecule is Cc1cc(C)cc(-c2ccc3c4ccc(-c5cc(C)cc(Cc6c(C)nc(-c7ccc(C#N)cc7-n7c8cc(-c9ccc(C)cc9C)ccc8c8ccc(-c9ccc(C)cc9C)cc87)nc6C)c5)cc4n(-c4cc(C#N)ccc4-c4nc(C)cc(C)n4)c3c2)c1. The fourth-order valence-electron chi connectivity index (χ4n) is 13.9. The van der Waals surface area contributed by atoms with Crippen LogP contribution in [0.1, 0.15) is 84.0 Å². The van der Waals surface area contributed by atoms with Gasteiger partial charge >= 0.3 is 0 Å². The molecule has 0 saturated heterocycles. The molecule has 0 aliphatic heterocycles. The molecule has 0 aliphatic rings. The van der Waals surface area contributed by atoms with E-state index in [9.17, 15) is 10.5 Å². The van der Waals surface area contributed by atoms with E-state index in [-0.39, 0.29) is 0 Å². The molecular formula is C82H66N8. The number of nitriles is 2. The highest BCUT2D eigenvalue weighted by atomic mass is 15.0. The molecule has 0 bridgehead atoms. The van der Waals surface area contributed by atoms with Gasteiger partial charge in [-0.3, -0.25) is 0 Å². The van der Waals surface area contributed by atoms with Crippen LogP contribution in [-0.2, 0) is 6.42 Å². The van der Waals surface area contributed by atoms with E-state index in [0.29, 0.717) is 29.2 Å². The van der Waals surface area contributed by atoms with Crippen molar-refractivity contribution >= 4 is 43.6 Å². The minimum atomic E-state index is 0.548. The molecule has 8 nitrogen and oxygen atoms in total. The summed E-state index contributed by atoms with van der Waals surface area (Å²) >= 11 is 0. The molecule has 4 heterocycles. The number of benzene rings is 10. The summed E-state index contributed by atoms with van der Waals surface area (Å²) < 4.78 is 4.65. The molecule has 14 rings (SSSR count). The quantitative estimate of drug-likeness (QED) is 0.135. The molecule has 90 heavy (non-hydrogen) atoms. The van der Waals surface area contributed by atoms with Crippen LogP contribution in [0.2, 0.25) is 0 Å². The lowest BCUT2D eigenvalue weighted by molar-refractivity contribution is 0.976. The summed E-state index contributed by atoms with van der Waals surface area (Å²) in [4.78, 5) is 20.7. The van der Waals surface area contributed by atoms with Crippen LogP contribution in [0.3, 0.4) is 0 Å². The molecule has 0 amide bonds. The van der Waals surface area contributed by atoms with E-state index in [2.05, 4.69) is 229 Å². The van der Waals surface area contributed by atoms with Gasteiger partial charge in [0.1, 0.15) is 0 Å². The predicted octanol–water partition coefficient (Wildman–Crippen LogP) is 20.2. The van der Waals surface area contributed by atoms with Crippen LogP contribution in [0.5, 0.6) is 0 Å². The molecule has 8 heteroatoms. The third-order valence-electron chi connectivity index (χ3n) is 17.9. The normalized spacial score (nSPS) is 11.5. The number of nitrogens with zero attached hydrogens (tertiary/aromatic N) is 8. The highest BCUT2D eigenvalue weighted by Gasteiger charge is 2.24. The van der Waals surface area contributed by atoms with Gasteiger partial charge in [0.2, 0.25) is 0 Å². The fraction of sp³-hybridized carbons (Fsp3) is 0.146. The van der Waals surface area contributed by atoms with Gasteiger partial charge in [0.05, 0.1) is 56.7 Å². The van der Waals surface area contributed by atoms with Crippen LogP contribution in [0, 0.1) is 98.8 Å². The molecule has 0 fully saturated rings. The molecule has 0 N–H and O–H groups in total. The van der Waals surface area contributed by atoms with E-state index in [1.807, 2.05) is 56.3 Å². The highest BCUT2D eigenvalue weighted by molar-refractivity contribution is 6.13. The van der Waals surface area contributed by atoms with Crippen molar-refractivity contribution < 1.29 is 0 Å². The predicted molar refractivity (Wildman–Crippen MR) is 370 cm³/mol. The van der Waals surface area contributed by atoms with Crippen molar-refractivity contribution in [3.8, 4) is 90.8 Å². The topological polar surface area (TPSA) is 109 Å². The van der Waals surface area contributed by atoms with Crippen LogP contribution in [-0.4, -0.2) is 29.1 Å². The Morgan fingerprint density at radius 2 is 0.711 bits per heavy atom. The molecule has 14 aromatic rings. The van der Waals surface area contributed by atoms with Crippen molar-refractivity contribution in [1.29, 1.82) is 10.5 Å². The molecule has 0 saturated carbocycles. The Bertz CT molecular complexity index is 5270. The first-order chi connectivity index (χ1) is 43.4. The zero-order chi connectivity index (χ0) is 62.4. The Hall–Kier alpha value is -11.1. The van der Waals surface area contributed by atoms with Crippen LogP contribution in [0.15, 0.2) is 188 Å². The van der Waals surface area contributed by atoms with Crippen molar-refractivity contribution in [2.75, 3.05) is 0 Å². The Morgan fingerprint density at radius 3 is 1.14 bits per heavy atom. The summed E-state index contributed by atoms with van der Waals surface area (Å²) in [7, 11) is 0. The maximum absolute atomic E-state index is 10.6. The lowest BCUT2D eigenvalue weighted by Crippen LogP contribution is -2.06. The summed E-state index contributed by atoms with van der Waals surface area (Å²) in [6, 6.07) is 72.5. The second-order valence-electron chi connectivity index (χ2n) is 24.9. The van der Waals surface area contributed by atoms with Crippen LogP contribution < -0.4 is 0 Å². The maximum Gasteiger partial charge on any atom is 0.161 e. The summed E-state index contributed by atoms with van der Waals surface area (Å²) in [5.74, 6) is 1.21. The van der Waals surface area contributed by atoms with Gasteiger partial charge in [-0.1, -0.05) is 149 Å². The van der Waals surface area contributed by atoms with Gasteiger partial charge < -0.3 is 9.13 Å². The zero-order valence-corrected chi connectivity index (χ0v) is 52.7. The molecule has 0 spiro atoms. The molecule has 10 aromatic carbocycles. The van der Waals surface area contributed by atoms with Crippen molar-refractivity contribution in [3.63, 3.8) is 0 Å². The first-order valence-electron chi connectivity index (χ1n) is 30.7. The summed E-state index contributed by atoms with van der Waals surface area (Å²) in [6.45, 7) is 23.3. The van der Waals surface area contributed by atoms with Gasteiger partial charge in [-0.05, 0) is 210 Å². The van der Waals surface area contributed by atoms with Gasteiger partial charge in [0.25, 0.3) is 0 Å². The Kier molecular flexibility index (Phi) is 14.0. The summed E-state index contributed by atoms with van der Waals surface area (Å²) in [5, 5.41) is 25.5. The van der Waals surface area contributed by atoms with Gasteiger partial charge in [0.15, 0.2) is 11.6 Å². The average Bonchev–Trinajstić information content (AvgIpc) is 1.57. The minimum absolute atomic E-state index is 0.548. The van der Waals surface area contributed by atoms with Gasteiger partial charge in [-0.2, -0.15) is 10.5 Å². The van der Waals surface area contributed by atoms with Crippen molar-refractivity contribution in [3.05, 3.63) is 272 Å². The Morgan fingerprint density at radius 1 is 0.322 bits per heavy atom.